The molecule has 1 aromatic heterocycles. The molecule has 0 spiro atoms. The predicted molar refractivity (Wildman–Crippen MR) is 77.7 cm³/mol. The minimum Gasteiger partial charge on any atom is -0.357 e. The second kappa shape index (κ2) is 6.28. The van der Waals surface area contributed by atoms with E-state index in [2.05, 4.69) is 10.6 Å². The minimum atomic E-state index is -0.195. The first kappa shape index (κ1) is 12.7. The molecule has 0 aliphatic carbocycles. The number of nitrogens with one attached hydrogen (secondary N) is 2. The summed E-state index contributed by atoms with van der Waals surface area (Å²) in [5.74, 6) is -0.195. The van der Waals surface area contributed by atoms with Gasteiger partial charge in [-0.25, -0.2) is 0 Å². The van der Waals surface area contributed by atoms with Crippen molar-refractivity contribution in [3.05, 3.63) is 58.3 Å². The van der Waals surface area contributed by atoms with E-state index in [0.29, 0.717) is 17.2 Å². The predicted octanol–water partition coefficient (Wildman–Crippen LogP) is 2.55. The Morgan fingerprint density at radius 3 is 2.61 bits per heavy atom. The van der Waals surface area contributed by atoms with Crippen LogP contribution < -0.4 is 10.6 Å². The number of hydrogen-bond acceptors (Lipinski definition) is 3. The van der Waals surface area contributed by atoms with Crippen molar-refractivity contribution in [2.24, 2.45) is 0 Å². The molecule has 1 heterocycles. The number of carbonyl (C=O) groups excluding carboxylic acids is 1. The van der Waals surface area contributed by atoms with Gasteiger partial charge >= 0.3 is 0 Å². The summed E-state index contributed by atoms with van der Waals surface area (Å²) in [4.78, 5) is 13.0. The van der Waals surface area contributed by atoms with Gasteiger partial charge in [-0.15, -0.1) is 11.3 Å². The van der Waals surface area contributed by atoms with Gasteiger partial charge in [0.15, 0.2) is 5.11 Å². The van der Waals surface area contributed by atoms with E-state index in [-0.39, 0.29) is 5.91 Å². The van der Waals surface area contributed by atoms with Crippen LogP contribution in [-0.2, 0) is 6.54 Å². The number of amides is 1. The molecule has 0 saturated carbocycles. The second-order valence-corrected chi connectivity index (χ2v) is 5.02. The van der Waals surface area contributed by atoms with Crippen LogP contribution in [0.3, 0.4) is 0 Å². The van der Waals surface area contributed by atoms with E-state index in [0.717, 1.165) is 0 Å². The van der Waals surface area contributed by atoms with Gasteiger partial charge in [-0.3, -0.25) is 10.1 Å². The van der Waals surface area contributed by atoms with E-state index >= 15 is 0 Å². The van der Waals surface area contributed by atoms with E-state index in [1.165, 1.54) is 4.88 Å². The highest BCUT2D eigenvalue weighted by Crippen LogP contribution is 2.07. The van der Waals surface area contributed by atoms with Crippen LogP contribution in [0.15, 0.2) is 47.8 Å². The van der Waals surface area contributed by atoms with Crippen LogP contribution in [0, 0.1) is 0 Å². The van der Waals surface area contributed by atoms with Gasteiger partial charge in [0.1, 0.15) is 0 Å². The summed E-state index contributed by atoms with van der Waals surface area (Å²) in [7, 11) is 0. The number of rotatable bonds is 3. The molecule has 2 rings (SSSR count). The van der Waals surface area contributed by atoms with E-state index in [1.807, 2.05) is 35.7 Å². The van der Waals surface area contributed by atoms with E-state index in [4.69, 9.17) is 12.2 Å². The van der Waals surface area contributed by atoms with E-state index in [9.17, 15) is 4.79 Å². The van der Waals surface area contributed by atoms with Crippen LogP contribution in [0.25, 0.3) is 0 Å². The topological polar surface area (TPSA) is 41.1 Å². The largest absolute Gasteiger partial charge is 0.357 e. The highest BCUT2D eigenvalue weighted by atomic mass is 32.1. The fourth-order valence-corrected chi connectivity index (χ4v) is 2.20. The molecule has 0 atom stereocenters. The Balaban J connectivity index is 1.83. The Labute approximate surface area is 115 Å². The molecular formula is C13H12N2OS2. The summed E-state index contributed by atoms with van der Waals surface area (Å²) in [5.41, 5.74) is 0.595. The van der Waals surface area contributed by atoms with Crippen molar-refractivity contribution in [1.82, 2.24) is 10.6 Å². The van der Waals surface area contributed by atoms with Crippen molar-refractivity contribution in [1.29, 1.82) is 0 Å². The molecule has 0 saturated heterocycles. The minimum absolute atomic E-state index is 0.195. The van der Waals surface area contributed by atoms with Crippen LogP contribution in [0.4, 0.5) is 0 Å². The van der Waals surface area contributed by atoms with Gasteiger partial charge in [-0.05, 0) is 35.8 Å². The van der Waals surface area contributed by atoms with Crippen molar-refractivity contribution in [3.63, 3.8) is 0 Å². The van der Waals surface area contributed by atoms with Gasteiger partial charge in [0, 0.05) is 10.4 Å². The van der Waals surface area contributed by atoms with Gasteiger partial charge in [-0.2, -0.15) is 0 Å². The summed E-state index contributed by atoms with van der Waals surface area (Å²) in [6.45, 7) is 0.631. The third kappa shape index (κ3) is 3.65. The molecule has 0 aliphatic rings. The van der Waals surface area contributed by atoms with Gasteiger partial charge < -0.3 is 5.32 Å². The normalized spacial score (nSPS) is 9.78. The van der Waals surface area contributed by atoms with Gasteiger partial charge in [0.05, 0.1) is 6.54 Å². The van der Waals surface area contributed by atoms with Crippen LogP contribution >= 0.6 is 23.6 Å². The smallest absolute Gasteiger partial charge is 0.257 e. The molecule has 92 valence electrons. The molecule has 0 fully saturated rings. The maximum absolute atomic E-state index is 11.8. The third-order valence-corrected chi connectivity index (χ3v) is 3.39. The first-order valence-electron chi connectivity index (χ1n) is 5.42. The third-order valence-electron chi connectivity index (χ3n) is 2.27. The Hall–Kier alpha value is -1.72. The molecule has 0 bridgehead atoms. The molecule has 18 heavy (non-hydrogen) atoms. The van der Waals surface area contributed by atoms with Gasteiger partial charge in [0.2, 0.25) is 0 Å². The van der Waals surface area contributed by atoms with Gasteiger partial charge in [0.25, 0.3) is 5.91 Å². The molecule has 1 aromatic carbocycles. The number of hydrogen-bond donors (Lipinski definition) is 2. The van der Waals surface area contributed by atoms with Crippen molar-refractivity contribution in [3.8, 4) is 0 Å². The van der Waals surface area contributed by atoms with Crippen LogP contribution in [0.1, 0.15) is 15.2 Å². The summed E-state index contributed by atoms with van der Waals surface area (Å²) in [6, 6.07) is 13.0. The quantitative estimate of drug-likeness (QED) is 0.847. The van der Waals surface area contributed by atoms with Crippen molar-refractivity contribution >= 4 is 34.6 Å². The number of thiocarbonyl (C=S) groups is 1. The zero-order valence-electron chi connectivity index (χ0n) is 9.55. The van der Waals surface area contributed by atoms with E-state index in [1.54, 1.807) is 23.5 Å². The second-order valence-electron chi connectivity index (χ2n) is 3.58. The molecule has 5 heteroatoms. The lowest BCUT2D eigenvalue weighted by molar-refractivity contribution is 0.0976. The maximum Gasteiger partial charge on any atom is 0.257 e. The Bertz CT molecular complexity index is 523. The Morgan fingerprint density at radius 2 is 1.94 bits per heavy atom. The summed E-state index contributed by atoms with van der Waals surface area (Å²) < 4.78 is 0. The molecule has 2 N–H and O–H groups in total. The fraction of sp³-hybridized carbons (Fsp3) is 0.0769. The first-order chi connectivity index (χ1) is 8.75. The number of benzene rings is 1. The molecule has 2 aromatic rings. The fourth-order valence-electron chi connectivity index (χ4n) is 1.39. The molecular weight excluding hydrogens is 264 g/mol. The molecule has 0 unspecified atom stereocenters. The standard InChI is InChI=1S/C13H12N2OS2/c16-12(10-5-2-1-3-6-10)15-13(17)14-9-11-7-4-8-18-11/h1-8H,9H2,(H2,14,15,16,17). The molecule has 1 amide bonds. The highest BCUT2D eigenvalue weighted by Gasteiger charge is 2.06. The van der Waals surface area contributed by atoms with E-state index < -0.39 is 0 Å². The first-order valence-corrected chi connectivity index (χ1v) is 6.71. The monoisotopic (exact) mass is 276 g/mol. The maximum atomic E-state index is 11.8. The van der Waals surface area contributed by atoms with Crippen LogP contribution in [-0.4, -0.2) is 11.0 Å². The summed E-state index contributed by atoms with van der Waals surface area (Å²) in [5, 5.41) is 7.99. The number of thiophene rings is 1. The van der Waals surface area contributed by atoms with Crippen molar-refractivity contribution in [2.45, 2.75) is 6.54 Å². The number of carbonyl (C=O) groups is 1. The highest BCUT2D eigenvalue weighted by molar-refractivity contribution is 7.80. The Kier molecular flexibility index (Phi) is 4.44. The summed E-state index contributed by atoms with van der Waals surface area (Å²) >= 11 is 6.71. The lowest BCUT2D eigenvalue weighted by Crippen LogP contribution is -2.38. The summed E-state index contributed by atoms with van der Waals surface area (Å²) in [6.07, 6.45) is 0. The van der Waals surface area contributed by atoms with Crippen LogP contribution in [0.2, 0.25) is 0 Å². The Morgan fingerprint density at radius 1 is 1.17 bits per heavy atom. The average molecular weight is 276 g/mol. The molecule has 3 nitrogen and oxygen atoms in total. The lowest BCUT2D eigenvalue weighted by Gasteiger charge is -2.08. The average Bonchev–Trinajstić information content (AvgIpc) is 2.90. The van der Waals surface area contributed by atoms with Gasteiger partial charge in [-0.1, -0.05) is 24.3 Å². The molecule has 0 radical (unpaired) electrons. The van der Waals surface area contributed by atoms with Crippen molar-refractivity contribution < 1.29 is 4.79 Å². The zero-order chi connectivity index (χ0) is 12.8. The lowest BCUT2D eigenvalue weighted by atomic mass is 10.2. The molecule has 0 aliphatic heterocycles. The van der Waals surface area contributed by atoms with Crippen molar-refractivity contribution in [2.75, 3.05) is 0 Å². The SMILES string of the molecule is O=C(NC(=S)NCc1cccs1)c1ccccc1. The van der Waals surface area contributed by atoms with Crippen LogP contribution in [0.5, 0.6) is 0 Å². The zero-order valence-corrected chi connectivity index (χ0v) is 11.2.